The predicted molar refractivity (Wildman–Crippen MR) is 89.4 cm³/mol. The fraction of sp³-hybridized carbons (Fsp3) is 0.133. The van der Waals surface area contributed by atoms with Gasteiger partial charge in [-0.25, -0.2) is 13.4 Å². The van der Waals surface area contributed by atoms with Crippen LogP contribution in [0.2, 0.25) is 0 Å². The van der Waals surface area contributed by atoms with Gasteiger partial charge in [0.05, 0.1) is 10.4 Å². The Balaban J connectivity index is 1.88. The van der Waals surface area contributed by atoms with E-state index in [0.717, 1.165) is 5.56 Å². The number of hydrogen-bond acceptors (Lipinski definition) is 5. The number of halogens is 1. The first-order valence-corrected chi connectivity index (χ1v) is 8.80. The highest BCUT2D eigenvalue weighted by Gasteiger charge is 2.15. The zero-order valence-corrected chi connectivity index (χ0v) is 13.8. The monoisotopic (exact) mass is 348 g/mol. The Labute approximate surface area is 138 Å². The molecule has 0 saturated heterocycles. The van der Waals surface area contributed by atoms with E-state index in [1.165, 1.54) is 4.68 Å². The van der Waals surface area contributed by atoms with E-state index in [2.05, 4.69) is 15.3 Å². The number of fused-ring (bicyclic) bond motifs is 1. The van der Waals surface area contributed by atoms with Crippen LogP contribution in [0.4, 0.5) is 0 Å². The summed E-state index contributed by atoms with van der Waals surface area (Å²) in [5, 5.41) is 7.79. The molecule has 1 aromatic heterocycles. The molecule has 0 radical (unpaired) electrons. The van der Waals surface area contributed by atoms with Gasteiger partial charge in [0.15, 0.2) is 9.84 Å². The first kappa shape index (κ1) is 15.6. The highest BCUT2D eigenvalue weighted by molar-refractivity contribution is 7.91. The molecule has 0 aliphatic heterocycles. The fourth-order valence-electron chi connectivity index (χ4n) is 2.03. The summed E-state index contributed by atoms with van der Waals surface area (Å²) in [6, 6.07) is 13.8. The van der Waals surface area contributed by atoms with E-state index in [4.69, 9.17) is 11.6 Å². The molecule has 3 rings (SSSR count). The van der Waals surface area contributed by atoms with Gasteiger partial charge in [-0.2, -0.15) is 4.68 Å². The second-order valence-electron chi connectivity index (χ2n) is 4.97. The summed E-state index contributed by atoms with van der Waals surface area (Å²) in [7, 11) is -3.55. The van der Waals surface area contributed by atoms with Crippen molar-refractivity contribution in [2.24, 2.45) is 4.99 Å². The number of hydrogen-bond donors (Lipinski definition) is 0. The van der Waals surface area contributed by atoms with E-state index in [1.807, 2.05) is 19.1 Å². The van der Waals surface area contributed by atoms with Crippen LogP contribution in [-0.4, -0.2) is 34.6 Å². The van der Waals surface area contributed by atoms with E-state index in [9.17, 15) is 8.42 Å². The van der Waals surface area contributed by atoms with Crippen LogP contribution >= 0.6 is 11.6 Å². The quantitative estimate of drug-likeness (QED) is 0.538. The Morgan fingerprint density at radius 1 is 1.17 bits per heavy atom. The lowest BCUT2D eigenvalue weighted by atomic mass is 10.2. The third kappa shape index (κ3) is 3.25. The van der Waals surface area contributed by atoms with Crippen molar-refractivity contribution in [1.82, 2.24) is 15.0 Å². The maximum Gasteiger partial charge on any atom is 0.221 e. The van der Waals surface area contributed by atoms with Crippen LogP contribution < -0.4 is 0 Å². The first-order chi connectivity index (χ1) is 11.0. The van der Waals surface area contributed by atoms with Gasteiger partial charge in [-0.3, -0.25) is 0 Å². The van der Waals surface area contributed by atoms with E-state index in [0.29, 0.717) is 11.0 Å². The normalized spacial score (nSPS) is 12.7. The molecule has 2 aromatic carbocycles. The fourth-order valence-corrected chi connectivity index (χ4v) is 3.28. The van der Waals surface area contributed by atoms with Crippen LogP contribution in [0.1, 0.15) is 5.56 Å². The molecule has 0 aliphatic carbocycles. The summed E-state index contributed by atoms with van der Waals surface area (Å²) >= 11 is 6.09. The molecule has 0 atom stereocenters. The second-order valence-corrected chi connectivity index (χ2v) is 7.27. The molecule has 0 unspecified atom stereocenters. The van der Waals surface area contributed by atoms with Crippen molar-refractivity contribution in [2.75, 3.05) is 5.88 Å². The smallest absolute Gasteiger partial charge is 0.221 e. The van der Waals surface area contributed by atoms with Gasteiger partial charge in [0.25, 0.3) is 0 Å². The van der Waals surface area contributed by atoms with Gasteiger partial charge >= 0.3 is 0 Å². The minimum absolute atomic E-state index is 0.0469. The zero-order chi connectivity index (χ0) is 16.4. The molecular formula is C15H13ClN4O2S. The van der Waals surface area contributed by atoms with E-state index in [1.54, 1.807) is 36.4 Å². The van der Waals surface area contributed by atoms with Gasteiger partial charge < -0.3 is 0 Å². The molecule has 0 amide bonds. The highest BCUT2D eigenvalue weighted by atomic mass is 35.5. The van der Waals surface area contributed by atoms with Crippen LogP contribution in [0.25, 0.3) is 11.0 Å². The summed E-state index contributed by atoms with van der Waals surface area (Å²) in [6.07, 6.45) is 0. The Bertz CT molecular complexity index is 978. The van der Waals surface area contributed by atoms with Crippen LogP contribution in [0.3, 0.4) is 0 Å². The number of nitrogens with zero attached hydrogens (tertiary/aromatic N) is 4. The molecule has 1 heterocycles. The molecule has 3 aromatic rings. The maximum absolute atomic E-state index is 12.3. The second kappa shape index (κ2) is 6.10. The van der Waals surface area contributed by atoms with Crippen molar-refractivity contribution >= 4 is 37.8 Å². The Hall–Kier alpha value is -2.25. The van der Waals surface area contributed by atoms with Crippen molar-refractivity contribution < 1.29 is 8.42 Å². The molecule has 0 spiro atoms. The van der Waals surface area contributed by atoms with Gasteiger partial charge in [0, 0.05) is 0 Å². The average molecular weight is 349 g/mol. The van der Waals surface area contributed by atoms with Crippen molar-refractivity contribution in [3.8, 4) is 0 Å². The standard InChI is InChI=1S/C15H13ClN4O2S/c1-11-6-8-12(9-7-11)23(21,22)10-17-15(16)20-14-5-3-2-4-13(14)18-19-20/h2-9H,10H2,1H3/b17-15+. The van der Waals surface area contributed by atoms with Crippen LogP contribution in [-0.2, 0) is 9.84 Å². The van der Waals surface area contributed by atoms with Crippen LogP contribution in [0, 0.1) is 6.92 Å². The van der Waals surface area contributed by atoms with E-state index < -0.39 is 15.7 Å². The van der Waals surface area contributed by atoms with Gasteiger partial charge in [-0.05, 0) is 42.8 Å². The highest BCUT2D eigenvalue weighted by Crippen LogP contribution is 2.14. The summed E-state index contributed by atoms with van der Waals surface area (Å²) < 4.78 is 25.8. The summed E-state index contributed by atoms with van der Waals surface area (Å²) in [4.78, 5) is 4.15. The van der Waals surface area contributed by atoms with Crippen molar-refractivity contribution in [2.45, 2.75) is 11.8 Å². The molecule has 118 valence electrons. The topological polar surface area (TPSA) is 77.2 Å². The van der Waals surface area contributed by atoms with Gasteiger partial charge in [0.2, 0.25) is 5.29 Å². The van der Waals surface area contributed by atoms with Crippen LogP contribution in [0.5, 0.6) is 0 Å². The van der Waals surface area contributed by atoms with Crippen molar-refractivity contribution in [3.05, 3.63) is 54.1 Å². The number of aryl methyl sites for hydroxylation is 1. The molecule has 0 N–H and O–H groups in total. The SMILES string of the molecule is Cc1ccc(S(=O)(=O)C/N=C(\Cl)n2nnc3ccccc32)cc1. The third-order valence-electron chi connectivity index (χ3n) is 3.27. The number of aliphatic imine (C=N–C) groups is 1. The molecule has 0 fully saturated rings. The molecular weight excluding hydrogens is 336 g/mol. The lowest BCUT2D eigenvalue weighted by molar-refractivity contribution is 0.596. The number of para-hydroxylation sites is 1. The number of aromatic nitrogens is 3. The summed E-state index contributed by atoms with van der Waals surface area (Å²) in [5.74, 6) is -0.455. The molecule has 8 heteroatoms. The van der Waals surface area contributed by atoms with Gasteiger partial charge in [0.1, 0.15) is 11.4 Å². The van der Waals surface area contributed by atoms with E-state index >= 15 is 0 Å². The molecule has 23 heavy (non-hydrogen) atoms. The number of rotatable bonds is 3. The Morgan fingerprint density at radius 3 is 2.61 bits per heavy atom. The lowest BCUT2D eigenvalue weighted by Gasteiger charge is -2.03. The zero-order valence-electron chi connectivity index (χ0n) is 12.2. The molecule has 0 saturated carbocycles. The van der Waals surface area contributed by atoms with E-state index in [-0.39, 0.29) is 10.2 Å². The third-order valence-corrected chi connectivity index (χ3v) is 5.01. The first-order valence-electron chi connectivity index (χ1n) is 6.77. The molecule has 6 nitrogen and oxygen atoms in total. The summed E-state index contributed by atoms with van der Waals surface area (Å²) in [6.45, 7) is 1.89. The van der Waals surface area contributed by atoms with Crippen molar-refractivity contribution in [1.29, 1.82) is 0 Å². The number of sulfone groups is 1. The predicted octanol–water partition coefficient (Wildman–Crippen LogP) is 2.61. The largest absolute Gasteiger partial charge is 0.239 e. The lowest BCUT2D eigenvalue weighted by Crippen LogP contribution is -2.11. The van der Waals surface area contributed by atoms with Crippen molar-refractivity contribution in [3.63, 3.8) is 0 Å². The average Bonchev–Trinajstić information content (AvgIpc) is 2.97. The summed E-state index contributed by atoms with van der Waals surface area (Å²) in [5.41, 5.74) is 2.30. The Kier molecular flexibility index (Phi) is 4.14. The minimum Gasteiger partial charge on any atom is -0.239 e. The Morgan fingerprint density at radius 2 is 1.87 bits per heavy atom. The molecule has 0 bridgehead atoms. The maximum atomic E-state index is 12.3. The van der Waals surface area contributed by atoms with Gasteiger partial charge in [-0.15, -0.1) is 5.10 Å². The minimum atomic E-state index is -3.55. The van der Waals surface area contributed by atoms with Crippen LogP contribution in [0.15, 0.2) is 58.4 Å². The molecule has 0 aliphatic rings. The van der Waals surface area contributed by atoms with Gasteiger partial charge in [-0.1, -0.05) is 35.0 Å². The number of benzene rings is 2.